The van der Waals surface area contributed by atoms with Gasteiger partial charge in [-0.3, -0.25) is 4.79 Å². The molecule has 0 bridgehead atoms. The lowest BCUT2D eigenvalue weighted by atomic mass is 9.92. The van der Waals surface area contributed by atoms with Crippen molar-refractivity contribution in [2.24, 2.45) is 17.8 Å². The Morgan fingerprint density at radius 3 is 2.60 bits per heavy atom. The van der Waals surface area contributed by atoms with Gasteiger partial charge in [0.2, 0.25) is 5.91 Å². The first-order chi connectivity index (χ1) is 12.0. The quantitative estimate of drug-likeness (QED) is 0.732. The maximum atomic E-state index is 12.3. The number of halogens is 1. The molecule has 4 heteroatoms. The Balaban J connectivity index is 1.31. The van der Waals surface area contributed by atoms with Crippen molar-refractivity contribution in [1.82, 2.24) is 10.2 Å². The van der Waals surface area contributed by atoms with E-state index in [1.54, 1.807) is 0 Å². The van der Waals surface area contributed by atoms with Gasteiger partial charge in [0.05, 0.1) is 0 Å². The van der Waals surface area contributed by atoms with Gasteiger partial charge in [-0.05, 0) is 61.6 Å². The van der Waals surface area contributed by atoms with Crippen LogP contribution in [-0.4, -0.2) is 37.0 Å². The maximum Gasteiger partial charge on any atom is 0.223 e. The highest BCUT2D eigenvalue weighted by Crippen LogP contribution is 2.49. The summed E-state index contributed by atoms with van der Waals surface area (Å²) >= 11 is 6.23. The summed E-state index contributed by atoms with van der Waals surface area (Å²) in [5, 5.41) is 3.90. The molecule has 3 nitrogen and oxygen atoms in total. The van der Waals surface area contributed by atoms with Gasteiger partial charge in [0, 0.05) is 30.6 Å². The van der Waals surface area contributed by atoms with Crippen molar-refractivity contribution in [2.45, 2.75) is 45.4 Å². The molecule has 1 amide bonds. The number of unbranched alkanes of at least 4 members (excludes halogenated alkanes) is 1. The number of hydrogen-bond acceptors (Lipinski definition) is 2. The number of piperidine rings is 1. The molecule has 1 saturated heterocycles. The second kappa shape index (κ2) is 8.55. The Bertz CT molecular complexity index is 581. The summed E-state index contributed by atoms with van der Waals surface area (Å²) in [4.78, 5) is 14.9. The van der Waals surface area contributed by atoms with Gasteiger partial charge in [0.15, 0.2) is 0 Å². The zero-order chi connectivity index (χ0) is 17.8. The van der Waals surface area contributed by atoms with Gasteiger partial charge in [0.1, 0.15) is 0 Å². The number of likely N-dealkylation sites (tertiary alicyclic amines) is 1. The molecule has 4 atom stereocenters. The molecule has 138 valence electrons. The monoisotopic (exact) mass is 362 g/mol. The number of benzene rings is 1. The largest absolute Gasteiger partial charge is 0.356 e. The van der Waals surface area contributed by atoms with Crippen LogP contribution >= 0.6 is 11.6 Å². The number of carbonyl (C=O) groups is 1. The lowest BCUT2D eigenvalue weighted by Crippen LogP contribution is -2.39. The molecule has 2 aliphatic rings. The maximum absolute atomic E-state index is 12.3. The molecule has 0 aromatic heterocycles. The lowest BCUT2D eigenvalue weighted by molar-refractivity contribution is -0.122. The second-order valence-corrected chi connectivity index (χ2v) is 8.58. The van der Waals surface area contributed by atoms with Crippen LogP contribution in [0.2, 0.25) is 5.02 Å². The third-order valence-corrected chi connectivity index (χ3v) is 5.92. The van der Waals surface area contributed by atoms with Crippen LogP contribution in [-0.2, 0) is 4.79 Å². The summed E-state index contributed by atoms with van der Waals surface area (Å²) in [6, 6.07) is 7.89. The van der Waals surface area contributed by atoms with E-state index in [9.17, 15) is 4.79 Å². The van der Waals surface area contributed by atoms with Crippen molar-refractivity contribution in [2.75, 3.05) is 26.2 Å². The van der Waals surface area contributed by atoms with E-state index >= 15 is 0 Å². The number of hydrogen-bond donors (Lipinski definition) is 1. The summed E-state index contributed by atoms with van der Waals surface area (Å²) in [6.07, 6.45) is 4.52. The molecule has 0 radical (unpaired) electrons. The molecule has 1 aromatic rings. The molecule has 25 heavy (non-hydrogen) atoms. The summed E-state index contributed by atoms with van der Waals surface area (Å²) < 4.78 is 0. The minimum atomic E-state index is 0.115. The van der Waals surface area contributed by atoms with Crippen LogP contribution in [0.15, 0.2) is 24.3 Å². The molecular formula is C21H31ClN2O. The fraction of sp³-hybridized carbons (Fsp3) is 0.667. The van der Waals surface area contributed by atoms with Gasteiger partial charge in [-0.25, -0.2) is 0 Å². The Kier molecular flexibility index (Phi) is 6.40. The van der Waals surface area contributed by atoms with Gasteiger partial charge < -0.3 is 10.2 Å². The van der Waals surface area contributed by atoms with E-state index in [1.165, 1.54) is 25.9 Å². The van der Waals surface area contributed by atoms with Crippen LogP contribution in [0.4, 0.5) is 0 Å². The summed E-state index contributed by atoms with van der Waals surface area (Å²) in [5.41, 5.74) is 1.12. The van der Waals surface area contributed by atoms with Crippen LogP contribution in [0.1, 0.15) is 51.0 Å². The van der Waals surface area contributed by atoms with E-state index in [4.69, 9.17) is 11.6 Å². The van der Waals surface area contributed by atoms with E-state index < -0.39 is 0 Å². The smallest absolute Gasteiger partial charge is 0.223 e. The normalized spacial score (nSPS) is 29.4. The Hall–Kier alpha value is -1.06. The molecule has 3 rings (SSSR count). The molecule has 1 saturated carbocycles. The van der Waals surface area contributed by atoms with Gasteiger partial charge >= 0.3 is 0 Å². The average Bonchev–Trinajstić information content (AvgIpc) is 3.34. The fourth-order valence-corrected chi connectivity index (χ4v) is 4.66. The van der Waals surface area contributed by atoms with Crippen molar-refractivity contribution < 1.29 is 4.79 Å². The molecule has 0 spiro atoms. The number of rotatable bonds is 7. The highest BCUT2D eigenvalue weighted by Gasteiger charge is 2.44. The topological polar surface area (TPSA) is 32.3 Å². The number of carbonyl (C=O) groups excluding carboxylic acids is 1. The van der Waals surface area contributed by atoms with Gasteiger partial charge in [-0.15, -0.1) is 0 Å². The SMILES string of the molecule is CC1CC(C)CN(CCCCNC(=O)C2CC2c2ccccc2Cl)C1. The van der Waals surface area contributed by atoms with Crippen LogP contribution in [0.3, 0.4) is 0 Å². The average molecular weight is 363 g/mol. The molecule has 4 unspecified atom stereocenters. The Morgan fingerprint density at radius 1 is 1.16 bits per heavy atom. The highest BCUT2D eigenvalue weighted by atomic mass is 35.5. The first-order valence-corrected chi connectivity index (χ1v) is 10.2. The van der Waals surface area contributed by atoms with E-state index in [0.29, 0.717) is 5.92 Å². The number of amides is 1. The second-order valence-electron chi connectivity index (χ2n) is 8.17. The number of nitrogens with zero attached hydrogens (tertiary/aromatic N) is 1. The first kappa shape index (κ1) is 18.7. The van der Waals surface area contributed by atoms with Gasteiger partial charge in [-0.1, -0.05) is 43.6 Å². The van der Waals surface area contributed by atoms with Gasteiger partial charge in [-0.2, -0.15) is 0 Å². The summed E-state index contributed by atoms with van der Waals surface area (Å²) in [7, 11) is 0. The zero-order valence-corrected chi connectivity index (χ0v) is 16.3. The van der Waals surface area contributed by atoms with Crippen molar-refractivity contribution in [3.8, 4) is 0 Å². The van der Waals surface area contributed by atoms with Crippen LogP contribution in [0.5, 0.6) is 0 Å². The molecule has 1 N–H and O–H groups in total. The molecular weight excluding hydrogens is 332 g/mol. The predicted octanol–water partition coefficient (Wildman–Crippen LogP) is 4.32. The predicted molar refractivity (Wildman–Crippen MR) is 104 cm³/mol. The van der Waals surface area contributed by atoms with Crippen molar-refractivity contribution >= 4 is 17.5 Å². The van der Waals surface area contributed by atoms with Crippen molar-refractivity contribution in [3.63, 3.8) is 0 Å². The third-order valence-electron chi connectivity index (χ3n) is 5.58. The molecule has 1 aromatic carbocycles. The third kappa shape index (κ3) is 5.21. The lowest BCUT2D eigenvalue weighted by Gasteiger charge is -2.34. The first-order valence-electron chi connectivity index (χ1n) is 9.79. The molecule has 2 fully saturated rings. The van der Waals surface area contributed by atoms with E-state index in [1.807, 2.05) is 24.3 Å². The van der Waals surface area contributed by atoms with Gasteiger partial charge in [0.25, 0.3) is 0 Å². The standard InChI is InChI=1S/C21H31ClN2O/c1-15-11-16(2)14-24(13-15)10-6-5-9-23-21(25)19-12-18(19)17-7-3-4-8-20(17)22/h3-4,7-8,15-16,18-19H,5-6,9-14H2,1-2H3,(H,23,25). The highest BCUT2D eigenvalue weighted by molar-refractivity contribution is 6.31. The fourth-order valence-electron chi connectivity index (χ4n) is 4.38. The molecule has 1 heterocycles. The van der Waals surface area contributed by atoms with Crippen LogP contribution in [0.25, 0.3) is 0 Å². The summed E-state index contributed by atoms with van der Waals surface area (Å²) in [6.45, 7) is 9.14. The van der Waals surface area contributed by atoms with E-state index in [0.717, 1.165) is 48.4 Å². The minimum absolute atomic E-state index is 0.115. The summed E-state index contributed by atoms with van der Waals surface area (Å²) in [5.74, 6) is 2.26. The minimum Gasteiger partial charge on any atom is -0.356 e. The number of nitrogens with one attached hydrogen (secondary N) is 1. The zero-order valence-electron chi connectivity index (χ0n) is 15.5. The van der Waals surface area contributed by atoms with Crippen LogP contribution in [0, 0.1) is 17.8 Å². The van der Waals surface area contributed by atoms with E-state index in [-0.39, 0.29) is 11.8 Å². The Labute approximate surface area is 157 Å². The van der Waals surface area contributed by atoms with Crippen molar-refractivity contribution in [1.29, 1.82) is 0 Å². The Morgan fingerprint density at radius 2 is 1.88 bits per heavy atom. The molecule has 1 aliphatic carbocycles. The van der Waals surface area contributed by atoms with Crippen molar-refractivity contribution in [3.05, 3.63) is 34.9 Å². The van der Waals surface area contributed by atoms with Crippen LogP contribution < -0.4 is 5.32 Å². The molecule has 1 aliphatic heterocycles. The van der Waals surface area contributed by atoms with E-state index in [2.05, 4.69) is 24.1 Å².